The summed E-state index contributed by atoms with van der Waals surface area (Å²) in [6, 6.07) is 91.3. The minimum Gasteiger partial charge on any atom is -0.458 e. The van der Waals surface area contributed by atoms with Crippen molar-refractivity contribution in [2.75, 3.05) is 24.9 Å². The molecular formula is C66H42B3N5O. The topological polar surface area (TPSA) is 34.2 Å². The van der Waals surface area contributed by atoms with E-state index in [-0.39, 0.29) is 20.1 Å². The molecule has 0 atom stereocenters. The molecule has 0 radical (unpaired) electrons. The summed E-state index contributed by atoms with van der Waals surface area (Å²) in [5, 5.41) is 3.99. The van der Waals surface area contributed by atoms with E-state index in [1.54, 1.807) is 0 Å². The second-order valence-corrected chi connectivity index (χ2v) is 20.4. The molecule has 0 spiro atoms. The average Bonchev–Trinajstić information content (AvgIpc) is 3.59. The SMILES string of the molecule is c1ccc(N(c2ccccc2)c2cc3c4c(c2)N(c2ccccc2)c2cc5c(cc2B4c2ccccc2N3)B2c3ccccc3N3c4ccccc4B4c6ccccc6N(c6ccccc6)c6cc(c2c3c64)O5)cc1. The molecule has 0 saturated carbocycles. The van der Waals surface area contributed by atoms with Gasteiger partial charge < -0.3 is 29.7 Å². The molecule has 6 aliphatic rings. The Hall–Kier alpha value is -9.59. The molecule has 6 nitrogen and oxygen atoms in total. The quantitative estimate of drug-likeness (QED) is 0.173. The molecule has 11 aromatic carbocycles. The van der Waals surface area contributed by atoms with Crippen LogP contribution in [0.2, 0.25) is 0 Å². The van der Waals surface area contributed by atoms with Crippen LogP contribution >= 0.6 is 0 Å². The Bertz CT molecular complexity index is 4150. The zero-order chi connectivity index (χ0) is 48.9. The van der Waals surface area contributed by atoms with Crippen molar-refractivity contribution in [3.8, 4) is 11.5 Å². The first-order valence-corrected chi connectivity index (χ1v) is 26.0. The zero-order valence-corrected chi connectivity index (χ0v) is 40.6. The minimum atomic E-state index is -0.106. The van der Waals surface area contributed by atoms with Gasteiger partial charge in [-0.05, 0) is 134 Å². The molecule has 17 rings (SSSR count). The number of hydrogen-bond acceptors (Lipinski definition) is 6. The third-order valence-electron chi connectivity index (χ3n) is 16.6. The molecule has 346 valence electrons. The van der Waals surface area contributed by atoms with E-state index in [1.807, 2.05) is 0 Å². The fourth-order valence-electron chi connectivity index (χ4n) is 13.7. The number of anilines is 14. The monoisotopic (exact) mass is 953 g/mol. The third-order valence-corrected chi connectivity index (χ3v) is 16.6. The third kappa shape index (κ3) is 5.67. The number of hydrogen-bond donors (Lipinski definition) is 1. The van der Waals surface area contributed by atoms with Gasteiger partial charge in [-0.15, -0.1) is 0 Å². The highest BCUT2D eigenvalue weighted by Gasteiger charge is 2.52. The Morgan fingerprint density at radius 1 is 0.307 bits per heavy atom. The highest BCUT2D eigenvalue weighted by molar-refractivity contribution is 7.05. The highest BCUT2D eigenvalue weighted by Crippen LogP contribution is 2.50. The normalized spacial score (nSPS) is 13.9. The number of ether oxygens (including phenoxy) is 1. The first kappa shape index (κ1) is 40.9. The van der Waals surface area contributed by atoms with Crippen LogP contribution in [-0.2, 0) is 0 Å². The van der Waals surface area contributed by atoms with E-state index in [4.69, 9.17) is 4.74 Å². The largest absolute Gasteiger partial charge is 0.458 e. The van der Waals surface area contributed by atoms with Crippen molar-refractivity contribution in [1.82, 2.24) is 0 Å². The summed E-state index contributed by atoms with van der Waals surface area (Å²) in [4.78, 5) is 9.89. The maximum atomic E-state index is 7.66. The molecule has 1 N–H and O–H groups in total. The maximum Gasteiger partial charge on any atom is 0.256 e. The summed E-state index contributed by atoms with van der Waals surface area (Å²) in [6.07, 6.45) is 0. The predicted molar refractivity (Wildman–Crippen MR) is 315 cm³/mol. The maximum absolute atomic E-state index is 7.66. The molecule has 0 fully saturated rings. The summed E-state index contributed by atoms with van der Waals surface area (Å²) in [5.41, 5.74) is 27.2. The van der Waals surface area contributed by atoms with Crippen LogP contribution in [0.15, 0.2) is 249 Å². The highest BCUT2D eigenvalue weighted by atomic mass is 16.5. The number of fused-ring (bicyclic) bond motifs is 14. The number of rotatable bonds is 5. The molecule has 0 bridgehead atoms. The smallest absolute Gasteiger partial charge is 0.256 e. The van der Waals surface area contributed by atoms with Crippen LogP contribution in [0.3, 0.4) is 0 Å². The molecule has 9 heteroatoms. The van der Waals surface area contributed by atoms with Crippen LogP contribution in [0.1, 0.15) is 0 Å². The van der Waals surface area contributed by atoms with Crippen molar-refractivity contribution in [2.24, 2.45) is 0 Å². The van der Waals surface area contributed by atoms with Gasteiger partial charge >= 0.3 is 0 Å². The van der Waals surface area contributed by atoms with Crippen LogP contribution in [-0.4, -0.2) is 20.1 Å². The summed E-state index contributed by atoms with van der Waals surface area (Å²) >= 11 is 0. The number of para-hydroxylation sites is 8. The van der Waals surface area contributed by atoms with Crippen LogP contribution in [0, 0.1) is 0 Å². The molecular weight excluding hydrogens is 911 g/mol. The average molecular weight is 954 g/mol. The Morgan fingerprint density at radius 2 is 0.773 bits per heavy atom. The van der Waals surface area contributed by atoms with E-state index in [2.05, 4.69) is 274 Å². The van der Waals surface area contributed by atoms with Crippen molar-refractivity contribution >= 4 is 149 Å². The number of nitrogens with one attached hydrogen (secondary N) is 1. The second kappa shape index (κ2) is 15.5. The van der Waals surface area contributed by atoms with E-state index in [0.29, 0.717) is 0 Å². The van der Waals surface area contributed by atoms with Gasteiger partial charge in [0, 0.05) is 86.1 Å². The standard InChI is InChI=1S/C66H42B3N5O/c1-5-21-42(22-6-1)71(43-23-7-2-8-24-43)46-37-54-63-59(38-46)73(45-27-11-4-12-28-45)58-40-61-52(39-51(58)67(63)47-29-13-17-33-53(47)70-54)69-50-32-16-20-36-57(50)74-56-35-19-15-31-49(56)68-48-30-14-18-34-55(48)72(44-25-9-3-10-26-44)60-41-62(75-61)65(69)66(74)64(60)68/h1-41,70H. The van der Waals surface area contributed by atoms with Crippen molar-refractivity contribution in [2.45, 2.75) is 0 Å². The van der Waals surface area contributed by atoms with Crippen molar-refractivity contribution < 1.29 is 4.74 Å². The predicted octanol–water partition coefficient (Wildman–Crippen LogP) is 10.5. The van der Waals surface area contributed by atoms with Gasteiger partial charge in [-0.1, -0.05) is 152 Å². The van der Waals surface area contributed by atoms with E-state index in [9.17, 15) is 0 Å². The second-order valence-electron chi connectivity index (χ2n) is 20.4. The van der Waals surface area contributed by atoms with Gasteiger partial charge in [-0.3, -0.25) is 0 Å². The van der Waals surface area contributed by atoms with Crippen molar-refractivity contribution in [1.29, 1.82) is 0 Å². The van der Waals surface area contributed by atoms with Crippen LogP contribution in [0.4, 0.5) is 79.6 Å². The van der Waals surface area contributed by atoms with Gasteiger partial charge in [0.25, 0.3) is 20.1 Å². The lowest BCUT2D eigenvalue weighted by molar-refractivity contribution is 0.488. The lowest BCUT2D eigenvalue weighted by Gasteiger charge is -2.49. The lowest BCUT2D eigenvalue weighted by Crippen LogP contribution is -2.68. The van der Waals surface area contributed by atoms with Crippen LogP contribution < -0.4 is 78.8 Å². The molecule has 0 aromatic heterocycles. The molecule has 6 heterocycles. The van der Waals surface area contributed by atoms with Gasteiger partial charge in [0.2, 0.25) is 0 Å². The number of nitrogens with zero attached hydrogens (tertiary/aromatic N) is 4. The molecule has 75 heavy (non-hydrogen) atoms. The molecule has 0 saturated heterocycles. The van der Waals surface area contributed by atoms with Crippen molar-refractivity contribution in [3.05, 3.63) is 249 Å². The van der Waals surface area contributed by atoms with E-state index < -0.39 is 0 Å². The molecule has 0 amide bonds. The van der Waals surface area contributed by atoms with Crippen LogP contribution in [0.5, 0.6) is 11.5 Å². The Morgan fingerprint density at radius 3 is 1.39 bits per heavy atom. The summed E-state index contributed by atoms with van der Waals surface area (Å²) < 4.78 is 7.66. The minimum absolute atomic E-state index is 0.0185. The summed E-state index contributed by atoms with van der Waals surface area (Å²) in [7, 11) is 0. The fourth-order valence-corrected chi connectivity index (χ4v) is 13.7. The van der Waals surface area contributed by atoms with Gasteiger partial charge in [-0.25, -0.2) is 0 Å². The lowest BCUT2D eigenvalue weighted by atomic mass is 9.28. The molecule has 6 aliphatic heterocycles. The van der Waals surface area contributed by atoms with E-state index in [1.165, 1.54) is 71.9 Å². The van der Waals surface area contributed by atoms with Crippen LogP contribution in [0.25, 0.3) is 0 Å². The summed E-state index contributed by atoms with van der Waals surface area (Å²) in [5.74, 6) is 1.76. The molecule has 0 aliphatic carbocycles. The number of benzene rings is 11. The summed E-state index contributed by atoms with van der Waals surface area (Å²) in [6.45, 7) is -0.162. The fraction of sp³-hybridized carbons (Fsp3) is 0. The van der Waals surface area contributed by atoms with E-state index in [0.717, 1.165) is 68.4 Å². The van der Waals surface area contributed by atoms with Gasteiger partial charge in [-0.2, -0.15) is 0 Å². The first-order valence-electron chi connectivity index (χ1n) is 26.0. The Kier molecular flexibility index (Phi) is 8.44. The first-order chi connectivity index (χ1) is 37.2. The van der Waals surface area contributed by atoms with Crippen molar-refractivity contribution in [3.63, 3.8) is 0 Å². The van der Waals surface area contributed by atoms with Gasteiger partial charge in [0.1, 0.15) is 11.5 Å². The Balaban J connectivity index is 0.945. The van der Waals surface area contributed by atoms with Gasteiger partial charge in [0.05, 0.1) is 5.69 Å². The molecule has 11 aromatic rings. The Labute approximate surface area is 436 Å². The molecule has 0 unspecified atom stereocenters. The van der Waals surface area contributed by atoms with Gasteiger partial charge in [0.15, 0.2) is 0 Å². The zero-order valence-electron chi connectivity index (χ0n) is 40.6. The van der Waals surface area contributed by atoms with E-state index >= 15 is 0 Å².